The summed E-state index contributed by atoms with van der Waals surface area (Å²) in [6, 6.07) is 0. The van der Waals surface area contributed by atoms with Gasteiger partial charge in [-0.2, -0.15) is 4.37 Å². The molecule has 17 heavy (non-hydrogen) atoms. The third-order valence-electron chi connectivity index (χ3n) is 2.23. The summed E-state index contributed by atoms with van der Waals surface area (Å²) in [5.74, 6) is 0.376. The standard InChI is InChI=1S/C9H17N3O4S/c1-9(5-13,6-14)10-2-7(15)4-16-8-3-11-17-12-8/h3,7,10,13-15H,2,4-6H2,1H3. The van der Waals surface area contributed by atoms with Crippen molar-refractivity contribution in [3.63, 3.8) is 0 Å². The fourth-order valence-corrected chi connectivity index (χ4v) is 1.35. The van der Waals surface area contributed by atoms with Gasteiger partial charge in [-0.3, -0.25) is 0 Å². The lowest BCUT2D eigenvalue weighted by atomic mass is 10.1. The molecule has 7 nitrogen and oxygen atoms in total. The number of nitrogens with one attached hydrogen (secondary N) is 1. The molecule has 1 unspecified atom stereocenters. The van der Waals surface area contributed by atoms with E-state index < -0.39 is 11.6 Å². The van der Waals surface area contributed by atoms with E-state index in [1.165, 1.54) is 6.20 Å². The number of rotatable bonds is 8. The number of β-amino-alcohol motifs (C(OH)–C–C–N with tert-alkyl or cyclic N) is 1. The Morgan fingerprint density at radius 2 is 2.24 bits per heavy atom. The van der Waals surface area contributed by atoms with E-state index in [1.54, 1.807) is 6.92 Å². The average molecular weight is 263 g/mol. The van der Waals surface area contributed by atoms with Crippen LogP contribution in [-0.4, -0.2) is 62.1 Å². The molecule has 1 aromatic heterocycles. The van der Waals surface area contributed by atoms with Gasteiger partial charge in [-0.25, -0.2) is 0 Å². The SMILES string of the molecule is CC(CO)(CO)NCC(O)COc1cnsn1. The Morgan fingerprint density at radius 1 is 1.53 bits per heavy atom. The number of aliphatic hydroxyl groups is 3. The van der Waals surface area contributed by atoms with Crippen molar-refractivity contribution in [3.8, 4) is 5.88 Å². The Hall–Kier alpha value is -0.800. The van der Waals surface area contributed by atoms with Crippen LogP contribution in [0.5, 0.6) is 5.88 Å². The van der Waals surface area contributed by atoms with Crippen LogP contribution in [0.4, 0.5) is 0 Å². The Labute approximate surface area is 103 Å². The van der Waals surface area contributed by atoms with Crippen molar-refractivity contribution >= 4 is 11.7 Å². The molecule has 0 fully saturated rings. The van der Waals surface area contributed by atoms with E-state index in [9.17, 15) is 5.11 Å². The van der Waals surface area contributed by atoms with Crippen molar-refractivity contribution < 1.29 is 20.1 Å². The summed E-state index contributed by atoms with van der Waals surface area (Å²) < 4.78 is 12.7. The van der Waals surface area contributed by atoms with Gasteiger partial charge >= 0.3 is 0 Å². The largest absolute Gasteiger partial charge is 0.473 e. The lowest BCUT2D eigenvalue weighted by Crippen LogP contribution is -2.52. The van der Waals surface area contributed by atoms with Gasteiger partial charge in [0.25, 0.3) is 0 Å². The highest BCUT2D eigenvalue weighted by molar-refractivity contribution is 6.99. The van der Waals surface area contributed by atoms with E-state index in [1.807, 2.05) is 0 Å². The van der Waals surface area contributed by atoms with Gasteiger partial charge in [0, 0.05) is 6.54 Å². The smallest absolute Gasteiger partial charge is 0.245 e. The van der Waals surface area contributed by atoms with Crippen LogP contribution in [0.3, 0.4) is 0 Å². The predicted molar refractivity (Wildman–Crippen MR) is 62.0 cm³/mol. The van der Waals surface area contributed by atoms with Crippen LogP contribution in [0.2, 0.25) is 0 Å². The monoisotopic (exact) mass is 263 g/mol. The number of aromatic nitrogens is 2. The van der Waals surface area contributed by atoms with Crippen LogP contribution in [0.15, 0.2) is 6.20 Å². The van der Waals surface area contributed by atoms with E-state index in [4.69, 9.17) is 14.9 Å². The highest BCUT2D eigenvalue weighted by Crippen LogP contribution is 2.05. The molecule has 0 saturated carbocycles. The summed E-state index contributed by atoms with van der Waals surface area (Å²) >= 11 is 1.03. The van der Waals surface area contributed by atoms with Crippen molar-refractivity contribution in [2.45, 2.75) is 18.6 Å². The van der Waals surface area contributed by atoms with Gasteiger partial charge < -0.3 is 25.4 Å². The van der Waals surface area contributed by atoms with Crippen LogP contribution in [-0.2, 0) is 0 Å². The molecule has 1 aromatic rings. The second-order valence-corrected chi connectivity index (χ2v) is 4.52. The second kappa shape index (κ2) is 6.82. The molecule has 8 heteroatoms. The molecule has 0 aliphatic carbocycles. The number of ether oxygens (including phenoxy) is 1. The zero-order chi connectivity index (χ0) is 12.7. The topological polar surface area (TPSA) is 108 Å². The molecule has 4 N–H and O–H groups in total. The molecule has 0 saturated heterocycles. The van der Waals surface area contributed by atoms with Gasteiger partial charge in [0.2, 0.25) is 5.88 Å². The van der Waals surface area contributed by atoms with Gasteiger partial charge in [0.05, 0.1) is 30.5 Å². The fraction of sp³-hybridized carbons (Fsp3) is 0.778. The van der Waals surface area contributed by atoms with Gasteiger partial charge in [-0.05, 0) is 6.92 Å². The van der Waals surface area contributed by atoms with Crippen molar-refractivity contribution in [2.75, 3.05) is 26.4 Å². The molecular weight excluding hydrogens is 246 g/mol. The van der Waals surface area contributed by atoms with Crippen LogP contribution in [0.25, 0.3) is 0 Å². The van der Waals surface area contributed by atoms with Crippen molar-refractivity contribution in [1.29, 1.82) is 0 Å². The van der Waals surface area contributed by atoms with Gasteiger partial charge in [0.1, 0.15) is 18.9 Å². The van der Waals surface area contributed by atoms with E-state index in [-0.39, 0.29) is 26.4 Å². The first-order valence-electron chi connectivity index (χ1n) is 5.15. The lowest BCUT2D eigenvalue weighted by Gasteiger charge is -2.27. The molecule has 0 radical (unpaired) electrons. The first-order chi connectivity index (χ1) is 8.09. The predicted octanol–water partition coefficient (Wildman–Crippen LogP) is -1.39. The first-order valence-corrected chi connectivity index (χ1v) is 5.88. The molecule has 0 bridgehead atoms. The van der Waals surface area contributed by atoms with Gasteiger partial charge in [-0.15, -0.1) is 4.37 Å². The van der Waals surface area contributed by atoms with Gasteiger partial charge in [-0.1, -0.05) is 0 Å². The van der Waals surface area contributed by atoms with Crippen LogP contribution in [0.1, 0.15) is 6.92 Å². The fourth-order valence-electron chi connectivity index (χ4n) is 0.986. The summed E-state index contributed by atoms with van der Waals surface area (Å²) in [6.07, 6.45) is 0.713. The molecule has 0 aromatic carbocycles. The van der Waals surface area contributed by atoms with Crippen LogP contribution >= 0.6 is 11.7 Å². The molecule has 0 aliphatic rings. The normalized spacial score (nSPS) is 13.6. The molecule has 1 atom stereocenters. The zero-order valence-corrected chi connectivity index (χ0v) is 10.4. The summed E-state index contributed by atoms with van der Waals surface area (Å²) in [6.45, 7) is 1.51. The number of aliphatic hydroxyl groups excluding tert-OH is 3. The Balaban J connectivity index is 2.23. The maximum atomic E-state index is 9.61. The van der Waals surface area contributed by atoms with Gasteiger partial charge in [0.15, 0.2) is 0 Å². The molecule has 1 rings (SSSR count). The summed E-state index contributed by atoms with van der Waals surface area (Å²) in [5, 5.41) is 30.5. The lowest BCUT2D eigenvalue weighted by molar-refractivity contribution is 0.0658. The van der Waals surface area contributed by atoms with E-state index in [0.29, 0.717) is 5.88 Å². The first kappa shape index (κ1) is 14.3. The van der Waals surface area contributed by atoms with Crippen LogP contribution < -0.4 is 10.1 Å². The van der Waals surface area contributed by atoms with Crippen LogP contribution in [0, 0.1) is 0 Å². The van der Waals surface area contributed by atoms with E-state index >= 15 is 0 Å². The molecule has 0 aliphatic heterocycles. The number of hydrogen-bond acceptors (Lipinski definition) is 8. The minimum atomic E-state index is -0.802. The molecular formula is C9H17N3O4S. The van der Waals surface area contributed by atoms with Crippen molar-refractivity contribution in [2.24, 2.45) is 0 Å². The second-order valence-electron chi connectivity index (χ2n) is 3.97. The summed E-state index contributed by atoms with van der Waals surface area (Å²) in [5.41, 5.74) is -0.802. The zero-order valence-electron chi connectivity index (χ0n) is 9.54. The Morgan fingerprint density at radius 3 is 2.76 bits per heavy atom. The molecule has 0 amide bonds. The van der Waals surface area contributed by atoms with Crippen molar-refractivity contribution in [1.82, 2.24) is 14.1 Å². The summed E-state index contributed by atoms with van der Waals surface area (Å²) in [4.78, 5) is 0. The number of hydrogen-bond donors (Lipinski definition) is 4. The highest BCUT2D eigenvalue weighted by Gasteiger charge is 2.22. The third-order valence-corrected chi connectivity index (χ3v) is 2.69. The Bertz CT molecular complexity index is 305. The minimum Gasteiger partial charge on any atom is -0.473 e. The minimum absolute atomic E-state index is 0.0748. The molecule has 98 valence electrons. The van der Waals surface area contributed by atoms with E-state index in [0.717, 1.165) is 11.7 Å². The van der Waals surface area contributed by atoms with Crippen molar-refractivity contribution in [3.05, 3.63) is 6.20 Å². The average Bonchev–Trinajstić information content (AvgIpc) is 2.86. The van der Waals surface area contributed by atoms with E-state index in [2.05, 4.69) is 14.1 Å². The maximum absolute atomic E-state index is 9.61. The summed E-state index contributed by atoms with van der Waals surface area (Å²) in [7, 11) is 0. The quantitative estimate of drug-likeness (QED) is 0.457. The maximum Gasteiger partial charge on any atom is 0.245 e. The Kier molecular flexibility index (Phi) is 5.72. The molecule has 0 spiro atoms. The molecule has 1 heterocycles. The third kappa shape index (κ3) is 4.92. The number of nitrogens with zero attached hydrogens (tertiary/aromatic N) is 2. The highest BCUT2D eigenvalue weighted by atomic mass is 32.1.